The Hall–Kier alpha value is -1.37. The van der Waals surface area contributed by atoms with Gasteiger partial charge in [0.1, 0.15) is 5.15 Å². The fourth-order valence-electron chi connectivity index (χ4n) is 1.85. The standard InChI is InChI=1S/C13H16ClN3O2S/c1-10-5-3-4-6-11(10)7-8-16-20(18,19)13-12(14)17(2)9-15-13/h3-6,9,16H,7-8H2,1-2H3. The molecule has 0 fully saturated rings. The molecule has 0 spiro atoms. The number of nitrogens with zero attached hydrogens (tertiary/aromatic N) is 2. The Morgan fingerprint density at radius 3 is 2.65 bits per heavy atom. The van der Waals surface area contributed by atoms with E-state index in [4.69, 9.17) is 11.6 Å². The smallest absolute Gasteiger partial charge is 0.261 e. The van der Waals surface area contributed by atoms with Crippen LogP contribution in [-0.2, 0) is 23.5 Å². The van der Waals surface area contributed by atoms with Gasteiger partial charge in [-0.05, 0) is 24.5 Å². The lowest BCUT2D eigenvalue weighted by Gasteiger charge is -2.07. The van der Waals surface area contributed by atoms with Crippen molar-refractivity contribution in [2.24, 2.45) is 7.05 Å². The maximum absolute atomic E-state index is 12.1. The van der Waals surface area contributed by atoms with Crippen molar-refractivity contribution in [3.05, 3.63) is 46.9 Å². The van der Waals surface area contributed by atoms with Crippen LogP contribution in [0.4, 0.5) is 0 Å². The van der Waals surface area contributed by atoms with E-state index in [1.165, 1.54) is 10.9 Å². The number of nitrogens with one attached hydrogen (secondary N) is 1. The Labute approximate surface area is 123 Å². The minimum atomic E-state index is -3.67. The van der Waals surface area contributed by atoms with Crippen LogP contribution in [0, 0.1) is 6.92 Å². The molecule has 0 aliphatic carbocycles. The summed E-state index contributed by atoms with van der Waals surface area (Å²) in [5.74, 6) is 0. The fourth-order valence-corrected chi connectivity index (χ4v) is 3.31. The number of aryl methyl sites for hydroxylation is 2. The van der Waals surface area contributed by atoms with E-state index in [9.17, 15) is 8.42 Å². The predicted octanol–water partition coefficient (Wildman–Crippen LogP) is 1.90. The molecule has 0 atom stereocenters. The first kappa shape index (κ1) is 15.0. The number of aromatic nitrogens is 2. The number of imidazole rings is 1. The molecule has 1 heterocycles. The highest BCUT2D eigenvalue weighted by Gasteiger charge is 2.21. The molecular formula is C13H16ClN3O2S. The van der Waals surface area contributed by atoms with Crippen molar-refractivity contribution in [3.8, 4) is 0 Å². The summed E-state index contributed by atoms with van der Waals surface area (Å²) in [6, 6.07) is 7.87. The number of hydrogen-bond donors (Lipinski definition) is 1. The molecule has 5 nitrogen and oxygen atoms in total. The van der Waals surface area contributed by atoms with E-state index in [0.717, 1.165) is 11.1 Å². The zero-order chi connectivity index (χ0) is 14.8. The van der Waals surface area contributed by atoms with Gasteiger partial charge in [-0.25, -0.2) is 18.1 Å². The van der Waals surface area contributed by atoms with Gasteiger partial charge in [0.25, 0.3) is 10.0 Å². The molecule has 0 bridgehead atoms. The molecule has 108 valence electrons. The van der Waals surface area contributed by atoms with Crippen LogP contribution in [0.15, 0.2) is 35.6 Å². The molecule has 0 amide bonds. The third kappa shape index (κ3) is 3.20. The minimum absolute atomic E-state index is 0.105. The summed E-state index contributed by atoms with van der Waals surface area (Å²) < 4.78 is 28.1. The summed E-state index contributed by atoms with van der Waals surface area (Å²) in [7, 11) is -2.03. The Morgan fingerprint density at radius 2 is 2.05 bits per heavy atom. The van der Waals surface area contributed by atoms with E-state index < -0.39 is 10.0 Å². The first-order valence-electron chi connectivity index (χ1n) is 6.13. The maximum Gasteiger partial charge on any atom is 0.261 e. The molecule has 1 aromatic heterocycles. The van der Waals surface area contributed by atoms with E-state index in [1.807, 2.05) is 31.2 Å². The van der Waals surface area contributed by atoms with Crippen LogP contribution in [-0.4, -0.2) is 24.5 Å². The molecule has 0 aliphatic heterocycles. The van der Waals surface area contributed by atoms with Gasteiger partial charge in [0.05, 0.1) is 6.33 Å². The molecule has 2 aromatic rings. The van der Waals surface area contributed by atoms with E-state index in [2.05, 4.69) is 9.71 Å². The quantitative estimate of drug-likeness (QED) is 0.917. The lowest BCUT2D eigenvalue weighted by molar-refractivity contribution is 0.578. The topological polar surface area (TPSA) is 64.0 Å². The minimum Gasteiger partial charge on any atom is -0.324 e. The SMILES string of the molecule is Cc1ccccc1CCNS(=O)(=O)c1ncn(C)c1Cl. The highest BCUT2D eigenvalue weighted by molar-refractivity contribution is 7.89. The Morgan fingerprint density at radius 1 is 1.35 bits per heavy atom. The normalized spacial score (nSPS) is 11.8. The van der Waals surface area contributed by atoms with Crippen molar-refractivity contribution >= 4 is 21.6 Å². The Balaban J connectivity index is 2.04. The molecule has 0 radical (unpaired) electrons. The van der Waals surface area contributed by atoms with Gasteiger partial charge in [-0.2, -0.15) is 0 Å². The average Bonchev–Trinajstić information content (AvgIpc) is 2.73. The largest absolute Gasteiger partial charge is 0.324 e. The zero-order valence-corrected chi connectivity index (χ0v) is 12.9. The second-order valence-electron chi connectivity index (χ2n) is 4.53. The Kier molecular flexibility index (Phi) is 4.47. The number of rotatable bonds is 5. The van der Waals surface area contributed by atoms with Crippen molar-refractivity contribution in [1.29, 1.82) is 0 Å². The van der Waals surface area contributed by atoms with Gasteiger partial charge in [-0.15, -0.1) is 0 Å². The van der Waals surface area contributed by atoms with Crippen LogP contribution in [0.25, 0.3) is 0 Å². The zero-order valence-electron chi connectivity index (χ0n) is 11.3. The van der Waals surface area contributed by atoms with Gasteiger partial charge in [0.15, 0.2) is 0 Å². The summed E-state index contributed by atoms with van der Waals surface area (Å²) in [5, 5.41) is -0.0279. The van der Waals surface area contributed by atoms with Crippen LogP contribution in [0.1, 0.15) is 11.1 Å². The summed E-state index contributed by atoms with van der Waals surface area (Å²) in [5.41, 5.74) is 2.25. The van der Waals surface area contributed by atoms with Gasteiger partial charge in [-0.1, -0.05) is 35.9 Å². The van der Waals surface area contributed by atoms with Gasteiger partial charge in [0, 0.05) is 13.6 Å². The summed E-state index contributed by atoms with van der Waals surface area (Å²) in [6.07, 6.45) is 1.99. The molecule has 0 unspecified atom stereocenters. The highest BCUT2D eigenvalue weighted by Crippen LogP contribution is 2.18. The summed E-state index contributed by atoms with van der Waals surface area (Å²) in [6.45, 7) is 2.31. The van der Waals surface area contributed by atoms with Crippen LogP contribution >= 0.6 is 11.6 Å². The molecule has 1 aromatic carbocycles. The number of halogens is 1. The number of hydrogen-bond acceptors (Lipinski definition) is 3. The molecule has 0 saturated heterocycles. The third-order valence-electron chi connectivity index (χ3n) is 3.04. The van der Waals surface area contributed by atoms with E-state index in [0.29, 0.717) is 13.0 Å². The van der Waals surface area contributed by atoms with Crippen LogP contribution in [0.3, 0.4) is 0 Å². The van der Waals surface area contributed by atoms with Gasteiger partial charge in [0.2, 0.25) is 5.03 Å². The molecular weight excluding hydrogens is 298 g/mol. The van der Waals surface area contributed by atoms with Crippen molar-refractivity contribution in [1.82, 2.24) is 14.3 Å². The Bertz CT molecular complexity index is 710. The fraction of sp³-hybridized carbons (Fsp3) is 0.308. The molecule has 2 rings (SSSR count). The van der Waals surface area contributed by atoms with E-state index in [-0.39, 0.29) is 10.2 Å². The number of sulfonamides is 1. The van der Waals surface area contributed by atoms with Gasteiger partial charge >= 0.3 is 0 Å². The molecule has 20 heavy (non-hydrogen) atoms. The van der Waals surface area contributed by atoms with Crippen molar-refractivity contribution in [2.45, 2.75) is 18.4 Å². The maximum atomic E-state index is 12.1. The van der Waals surface area contributed by atoms with Crippen LogP contribution in [0.2, 0.25) is 5.15 Å². The van der Waals surface area contributed by atoms with Crippen molar-refractivity contribution < 1.29 is 8.42 Å². The van der Waals surface area contributed by atoms with E-state index in [1.54, 1.807) is 7.05 Å². The molecule has 0 aliphatic rings. The van der Waals surface area contributed by atoms with Crippen molar-refractivity contribution in [2.75, 3.05) is 6.54 Å². The molecule has 1 N–H and O–H groups in total. The summed E-state index contributed by atoms with van der Waals surface area (Å²) >= 11 is 5.90. The monoisotopic (exact) mass is 313 g/mol. The molecule has 7 heteroatoms. The second kappa shape index (κ2) is 5.95. The van der Waals surface area contributed by atoms with Crippen LogP contribution in [0.5, 0.6) is 0 Å². The first-order valence-corrected chi connectivity index (χ1v) is 7.99. The predicted molar refractivity (Wildman–Crippen MR) is 78.3 cm³/mol. The summed E-state index contributed by atoms with van der Waals surface area (Å²) in [4.78, 5) is 3.81. The van der Waals surface area contributed by atoms with Crippen molar-refractivity contribution in [3.63, 3.8) is 0 Å². The second-order valence-corrected chi connectivity index (χ2v) is 6.57. The third-order valence-corrected chi connectivity index (χ3v) is 4.99. The molecule has 0 saturated carbocycles. The van der Waals surface area contributed by atoms with E-state index >= 15 is 0 Å². The highest BCUT2D eigenvalue weighted by atomic mass is 35.5. The van der Waals surface area contributed by atoms with Gasteiger partial charge < -0.3 is 4.57 Å². The van der Waals surface area contributed by atoms with Gasteiger partial charge in [-0.3, -0.25) is 0 Å². The average molecular weight is 314 g/mol. The lowest BCUT2D eigenvalue weighted by atomic mass is 10.1. The number of benzene rings is 1. The first-order chi connectivity index (χ1) is 9.42. The van der Waals surface area contributed by atoms with Crippen LogP contribution < -0.4 is 4.72 Å². The lowest BCUT2D eigenvalue weighted by Crippen LogP contribution is -2.26.